The van der Waals surface area contributed by atoms with E-state index in [1.54, 1.807) is 25.1 Å². The number of amides is 2. The first kappa shape index (κ1) is 36.5. The molecule has 0 radical (unpaired) electrons. The van der Waals surface area contributed by atoms with Crippen molar-refractivity contribution < 1.29 is 53.2 Å². The molecule has 0 heterocycles. The van der Waals surface area contributed by atoms with Crippen molar-refractivity contribution in [3.63, 3.8) is 0 Å². The molecule has 4 N–H and O–H groups in total. The Kier molecular flexibility index (Phi) is 9.81. The van der Waals surface area contributed by atoms with Gasteiger partial charge in [-0.25, -0.2) is 4.79 Å². The maximum atomic E-state index is 14.3. The van der Waals surface area contributed by atoms with Gasteiger partial charge in [0.2, 0.25) is 12.7 Å². The molecule has 15 heteroatoms. The number of hydrogen-bond donors (Lipinski definition) is 3. The molecule has 0 saturated heterocycles. The summed E-state index contributed by atoms with van der Waals surface area (Å²) in [5.74, 6) is -12.2. The minimum absolute atomic E-state index is 0.0766. The highest BCUT2D eigenvalue weighted by Gasteiger charge is 2.69. The third-order valence-corrected chi connectivity index (χ3v) is 9.33. The van der Waals surface area contributed by atoms with Crippen molar-refractivity contribution in [1.29, 1.82) is 0 Å². The molecule has 0 bridgehead atoms. The molecule has 0 aliphatic heterocycles. The number of phenols is 1. The first-order valence-electron chi connectivity index (χ1n) is 15.6. The van der Waals surface area contributed by atoms with Gasteiger partial charge < -0.3 is 35.2 Å². The molecule has 2 amide bonds. The Morgan fingerprint density at radius 1 is 1.04 bits per heavy atom. The average Bonchev–Trinajstić information content (AvgIpc) is 2.94. The normalized spacial score (nSPS) is 26.8. The molecule has 1 aromatic carbocycles. The lowest BCUT2D eigenvalue weighted by Crippen LogP contribution is -2.74. The maximum Gasteiger partial charge on any atom is 0.412 e. The van der Waals surface area contributed by atoms with Crippen LogP contribution in [-0.4, -0.2) is 114 Å². The molecule has 0 spiro atoms. The topological polar surface area (TPSA) is 214 Å². The lowest BCUT2D eigenvalue weighted by atomic mass is 9.52. The third kappa shape index (κ3) is 6.28. The molecule has 2 fully saturated rings. The summed E-state index contributed by atoms with van der Waals surface area (Å²) in [4.78, 5) is 96.4. The lowest BCUT2D eigenvalue weighted by molar-refractivity contribution is -0.181. The van der Waals surface area contributed by atoms with Gasteiger partial charge in [0.1, 0.15) is 5.75 Å². The zero-order valence-electron chi connectivity index (χ0n) is 28.5. The van der Waals surface area contributed by atoms with Gasteiger partial charge in [-0.2, -0.15) is 0 Å². The van der Waals surface area contributed by atoms with E-state index in [9.17, 15) is 43.8 Å². The zero-order chi connectivity index (χ0) is 36.2. The van der Waals surface area contributed by atoms with Crippen molar-refractivity contribution >= 4 is 46.8 Å². The molecule has 0 aromatic heterocycles. The average molecular weight is 673 g/mol. The highest BCUT2D eigenvalue weighted by atomic mass is 16.7. The molecular weight excluding hydrogens is 628 g/mol. The zero-order valence-corrected chi connectivity index (χ0v) is 28.5. The number of rotatable bonds is 8. The number of ether oxygens (including phenoxy) is 2. The van der Waals surface area contributed by atoms with Crippen LogP contribution in [0.2, 0.25) is 0 Å². The summed E-state index contributed by atoms with van der Waals surface area (Å²) in [5, 5.41) is 23.5. The minimum atomic E-state index is -2.84. The van der Waals surface area contributed by atoms with Crippen molar-refractivity contribution in [2.45, 2.75) is 58.7 Å². The van der Waals surface area contributed by atoms with Crippen molar-refractivity contribution in [2.24, 2.45) is 34.8 Å². The summed E-state index contributed by atoms with van der Waals surface area (Å²) in [6.45, 7) is 6.05. The van der Waals surface area contributed by atoms with E-state index in [-0.39, 0.29) is 37.1 Å². The molecule has 6 atom stereocenters. The fraction of sp³-hybridized carbons (Fsp3) is 0.606. The number of carbonyl (C=O) groups excluding carboxylic acids is 7. The number of esters is 1. The smallest absolute Gasteiger partial charge is 0.412 e. The number of anilines is 1. The fourth-order valence-electron chi connectivity index (χ4n) is 7.44. The SMILES string of the molecule is CC(=O)OCOC(=O)N(Cc1cc(N(C)C)c2c(c1O)C(=O)C1C(=O)[C@]3(O)C(=O)C(C(N)=O)C(=O)[C@@H](N(C)C)[C@@H]3C[C@@H]1C2)CC(C)(C)C. The molecule has 1 aromatic rings. The number of benzene rings is 1. The Morgan fingerprint density at radius 2 is 1.67 bits per heavy atom. The third-order valence-electron chi connectivity index (χ3n) is 9.33. The summed E-state index contributed by atoms with van der Waals surface area (Å²) in [6.07, 6.45) is -0.836. The first-order valence-corrected chi connectivity index (χ1v) is 15.6. The Labute approximate surface area is 278 Å². The molecule has 2 unspecified atom stereocenters. The van der Waals surface area contributed by atoms with Crippen LogP contribution in [0.1, 0.15) is 55.6 Å². The molecular formula is C33H44N4O11. The second-order valence-electron chi connectivity index (χ2n) is 14.5. The highest BCUT2D eigenvalue weighted by Crippen LogP contribution is 2.52. The number of nitrogens with zero attached hydrogens (tertiary/aromatic N) is 3. The van der Waals surface area contributed by atoms with Gasteiger partial charge in [0.05, 0.1) is 24.1 Å². The number of aromatic hydroxyl groups is 1. The molecule has 3 aliphatic rings. The van der Waals surface area contributed by atoms with E-state index < -0.39 is 94.4 Å². The van der Waals surface area contributed by atoms with Crippen LogP contribution in [0.3, 0.4) is 0 Å². The van der Waals surface area contributed by atoms with E-state index in [0.29, 0.717) is 11.3 Å². The summed E-state index contributed by atoms with van der Waals surface area (Å²) >= 11 is 0. The van der Waals surface area contributed by atoms with Crippen LogP contribution in [0, 0.1) is 29.1 Å². The molecule has 48 heavy (non-hydrogen) atoms. The van der Waals surface area contributed by atoms with E-state index in [1.165, 1.54) is 23.9 Å². The second-order valence-corrected chi connectivity index (χ2v) is 14.5. The van der Waals surface area contributed by atoms with Crippen LogP contribution in [-0.2, 0) is 46.4 Å². The van der Waals surface area contributed by atoms with Crippen LogP contribution in [0.15, 0.2) is 6.07 Å². The summed E-state index contributed by atoms with van der Waals surface area (Å²) in [5.41, 5.74) is 3.02. The number of phenolic OH excluding ortho intramolecular Hbond substituents is 1. The predicted molar refractivity (Wildman–Crippen MR) is 169 cm³/mol. The van der Waals surface area contributed by atoms with Gasteiger partial charge in [-0.3, -0.25) is 33.7 Å². The number of Topliss-reactive ketones (excluding diaryl/α,β-unsaturated/α-hetero) is 4. The van der Waals surface area contributed by atoms with E-state index in [0.717, 1.165) is 6.92 Å². The standard InChI is InChI=1S/C33H44N4O11/c1-15(38)47-14-48-31(45)37(13-32(2,3)4)12-17-11-20(35(5)6)18-9-16-10-19-24(36(7)8)27(41)23(30(34)44)29(43)33(19,46)28(42)21(16)26(40)22(18)25(17)39/h11,16,19,21,23-24,39,46H,9-10,12-14H2,1-8H3,(H2,34,44)/t16-,19-,21?,23?,24-,33-/m0/s1. The Balaban J connectivity index is 1.81. The fourth-order valence-corrected chi connectivity index (χ4v) is 7.44. The molecule has 4 rings (SSSR count). The summed E-state index contributed by atoms with van der Waals surface area (Å²) in [7, 11) is 6.49. The van der Waals surface area contributed by atoms with E-state index >= 15 is 0 Å². The molecule has 262 valence electrons. The number of fused-ring (bicyclic) bond motifs is 3. The van der Waals surface area contributed by atoms with Gasteiger partial charge in [-0.1, -0.05) is 20.8 Å². The summed E-state index contributed by atoms with van der Waals surface area (Å²) < 4.78 is 9.85. The van der Waals surface area contributed by atoms with Crippen molar-refractivity contribution in [3.8, 4) is 5.75 Å². The van der Waals surface area contributed by atoms with Gasteiger partial charge in [0, 0.05) is 44.7 Å². The lowest BCUT2D eigenvalue weighted by Gasteiger charge is -2.52. The minimum Gasteiger partial charge on any atom is -0.507 e. The number of primary amides is 1. The number of hydrogen-bond acceptors (Lipinski definition) is 13. The second kappa shape index (κ2) is 12.9. The van der Waals surface area contributed by atoms with Crippen LogP contribution in [0.5, 0.6) is 5.75 Å². The molecule has 2 saturated carbocycles. The Hall–Kier alpha value is -4.37. The predicted octanol–water partition coefficient (Wildman–Crippen LogP) is 0.438. The van der Waals surface area contributed by atoms with Crippen molar-refractivity contribution in [3.05, 3.63) is 22.8 Å². The maximum absolute atomic E-state index is 14.3. The van der Waals surface area contributed by atoms with Gasteiger partial charge in [-0.15, -0.1) is 0 Å². The van der Waals surface area contributed by atoms with E-state index in [2.05, 4.69) is 0 Å². The number of nitrogens with two attached hydrogens (primary N) is 1. The number of carbonyl (C=O) groups is 7. The van der Waals surface area contributed by atoms with Crippen molar-refractivity contribution in [2.75, 3.05) is 46.4 Å². The quantitative estimate of drug-likeness (QED) is 0.194. The van der Waals surface area contributed by atoms with Crippen LogP contribution in [0.25, 0.3) is 0 Å². The van der Waals surface area contributed by atoms with Crippen LogP contribution < -0.4 is 10.6 Å². The van der Waals surface area contributed by atoms with Crippen LogP contribution in [0.4, 0.5) is 10.5 Å². The van der Waals surface area contributed by atoms with Crippen LogP contribution >= 0.6 is 0 Å². The largest absolute Gasteiger partial charge is 0.507 e. The number of ketones is 4. The van der Waals surface area contributed by atoms with Gasteiger partial charge in [-0.05, 0) is 49.9 Å². The molecule has 3 aliphatic carbocycles. The van der Waals surface area contributed by atoms with Crippen molar-refractivity contribution in [1.82, 2.24) is 9.80 Å². The van der Waals surface area contributed by atoms with Gasteiger partial charge >= 0.3 is 12.1 Å². The van der Waals surface area contributed by atoms with E-state index in [4.69, 9.17) is 15.2 Å². The Morgan fingerprint density at radius 3 is 2.19 bits per heavy atom. The van der Waals surface area contributed by atoms with E-state index in [1.807, 2.05) is 20.8 Å². The summed E-state index contributed by atoms with van der Waals surface area (Å²) in [6, 6.07) is 0.427. The van der Waals surface area contributed by atoms with Gasteiger partial charge in [0.15, 0.2) is 34.7 Å². The monoisotopic (exact) mass is 672 g/mol. The number of likely N-dealkylation sites (N-methyl/N-ethyl adjacent to an activating group) is 1. The van der Waals surface area contributed by atoms with Gasteiger partial charge in [0.25, 0.3) is 0 Å². The number of aliphatic hydroxyl groups is 1. The Bertz CT molecular complexity index is 1580. The highest BCUT2D eigenvalue weighted by molar-refractivity contribution is 6.32. The first-order chi connectivity index (χ1) is 22.1. The molecule has 15 nitrogen and oxygen atoms in total.